The Hall–Kier alpha value is -1.60. The summed E-state index contributed by atoms with van der Waals surface area (Å²) in [7, 11) is 3.00. The first-order valence-corrected chi connectivity index (χ1v) is 5.60. The topological polar surface area (TPSA) is 90.3 Å². The molecule has 0 saturated carbocycles. The lowest BCUT2D eigenvalue weighted by atomic mass is 10.3. The highest BCUT2D eigenvalue weighted by atomic mass is 35.5. The predicted octanol–water partition coefficient (Wildman–Crippen LogP) is -1.23. The highest BCUT2D eigenvalue weighted by Gasteiger charge is 2.15. The summed E-state index contributed by atoms with van der Waals surface area (Å²) in [5.74, 6) is -0.228. The van der Waals surface area contributed by atoms with Crippen molar-refractivity contribution in [3.05, 3.63) is 33.1 Å². The zero-order chi connectivity index (χ0) is 13.9. The summed E-state index contributed by atoms with van der Waals surface area (Å²) in [6.07, 6.45) is 1.32. The Balaban J connectivity index is 0.00000324. The smallest absolute Gasteiger partial charge is 0.331 e. The van der Waals surface area contributed by atoms with Gasteiger partial charge in [-0.3, -0.25) is 18.7 Å². The van der Waals surface area contributed by atoms with Gasteiger partial charge in [0.15, 0.2) is 0 Å². The number of carbonyl (C=O) groups is 1. The monoisotopic (exact) mass is 290 g/mol. The van der Waals surface area contributed by atoms with Crippen molar-refractivity contribution in [1.82, 2.24) is 14.0 Å². The van der Waals surface area contributed by atoms with Crippen molar-refractivity contribution in [3.8, 4) is 0 Å². The quantitative estimate of drug-likeness (QED) is 0.752. The lowest BCUT2D eigenvalue weighted by molar-refractivity contribution is -0.132. The van der Waals surface area contributed by atoms with Gasteiger partial charge in [0.2, 0.25) is 5.91 Å². The summed E-state index contributed by atoms with van der Waals surface area (Å²) in [4.78, 5) is 36.3. The van der Waals surface area contributed by atoms with Crippen molar-refractivity contribution in [1.29, 1.82) is 0 Å². The van der Waals surface area contributed by atoms with E-state index in [0.29, 0.717) is 6.54 Å². The third-order valence-electron chi connectivity index (χ3n) is 2.96. The average Bonchev–Trinajstić information content (AvgIpc) is 2.37. The van der Waals surface area contributed by atoms with E-state index >= 15 is 0 Å². The molecule has 1 aromatic heterocycles. The fraction of sp³-hybridized carbons (Fsp3) is 0.545. The Bertz CT molecular complexity index is 552. The van der Waals surface area contributed by atoms with Gasteiger partial charge < -0.3 is 10.6 Å². The molecule has 108 valence electrons. The number of nitrogens with two attached hydrogens (primary N) is 1. The fourth-order valence-electron chi connectivity index (χ4n) is 1.40. The van der Waals surface area contributed by atoms with Gasteiger partial charge in [-0.15, -0.1) is 12.4 Å². The van der Waals surface area contributed by atoms with Gasteiger partial charge in [-0.05, 0) is 6.92 Å². The Morgan fingerprint density at radius 3 is 2.58 bits per heavy atom. The van der Waals surface area contributed by atoms with E-state index in [2.05, 4.69) is 0 Å². The number of rotatable bonds is 4. The van der Waals surface area contributed by atoms with Crippen LogP contribution in [0.5, 0.6) is 0 Å². The molecule has 7 nitrogen and oxygen atoms in total. The van der Waals surface area contributed by atoms with Crippen LogP contribution in [-0.2, 0) is 18.4 Å². The summed E-state index contributed by atoms with van der Waals surface area (Å²) in [6.45, 7) is 2.07. The van der Waals surface area contributed by atoms with E-state index < -0.39 is 11.2 Å². The number of carbonyl (C=O) groups excluding carboxylic acids is 1. The molecule has 0 aliphatic rings. The molecular formula is C11H19ClN4O3. The molecule has 0 spiro atoms. The maximum Gasteiger partial charge on any atom is 0.331 e. The third-order valence-corrected chi connectivity index (χ3v) is 2.96. The van der Waals surface area contributed by atoms with E-state index in [9.17, 15) is 14.4 Å². The molecule has 0 radical (unpaired) electrons. The van der Waals surface area contributed by atoms with Gasteiger partial charge in [-0.25, -0.2) is 4.79 Å². The Labute approximate surface area is 117 Å². The van der Waals surface area contributed by atoms with E-state index in [1.165, 1.54) is 28.8 Å². The van der Waals surface area contributed by atoms with Gasteiger partial charge >= 0.3 is 5.69 Å². The Kier molecular flexibility index (Phi) is 6.51. The second-order valence-corrected chi connectivity index (χ2v) is 4.21. The van der Waals surface area contributed by atoms with Gasteiger partial charge in [-0.2, -0.15) is 0 Å². The molecule has 1 rings (SSSR count). The van der Waals surface area contributed by atoms with Crippen molar-refractivity contribution < 1.29 is 4.79 Å². The van der Waals surface area contributed by atoms with Crippen LogP contribution in [0.1, 0.15) is 6.92 Å². The number of halogens is 1. The molecule has 0 aromatic carbocycles. The van der Waals surface area contributed by atoms with Crippen molar-refractivity contribution in [2.24, 2.45) is 12.8 Å². The molecule has 1 aromatic rings. The normalized spacial score (nSPS) is 11.6. The molecule has 0 bridgehead atoms. The van der Waals surface area contributed by atoms with E-state index in [4.69, 9.17) is 5.73 Å². The maximum atomic E-state index is 11.9. The highest BCUT2D eigenvalue weighted by molar-refractivity contribution is 5.85. The van der Waals surface area contributed by atoms with Crippen LogP contribution in [0.2, 0.25) is 0 Å². The van der Waals surface area contributed by atoms with Crippen LogP contribution in [0.25, 0.3) is 0 Å². The number of likely N-dealkylation sites (N-methyl/N-ethyl adjacent to an activating group) is 1. The van der Waals surface area contributed by atoms with Crippen molar-refractivity contribution in [2.45, 2.75) is 19.5 Å². The molecule has 19 heavy (non-hydrogen) atoms. The van der Waals surface area contributed by atoms with Gasteiger partial charge in [0.1, 0.15) is 6.54 Å². The Morgan fingerprint density at radius 1 is 1.47 bits per heavy atom. The Morgan fingerprint density at radius 2 is 2.05 bits per heavy atom. The zero-order valence-corrected chi connectivity index (χ0v) is 12.0. The first-order valence-electron chi connectivity index (χ1n) is 5.60. The summed E-state index contributed by atoms with van der Waals surface area (Å²) in [5.41, 5.74) is 4.56. The summed E-state index contributed by atoms with van der Waals surface area (Å²) < 4.78 is 2.16. The van der Waals surface area contributed by atoms with E-state index in [-0.39, 0.29) is 30.9 Å². The van der Waals surface area contributed by atoms with Crippen molar-refractivity contribution in [3.63, 3.8) is 0 Å². The fourth-order valence-corrected chi connectivity index (χ4v) is 1.40. The minimum Gasteiger partial charge on any atom is -0.340 e. The summed E-state index contributed by atoms with van der Waals surface area (Å²) in [5, 5.41) is 0. The molecule has 0 aliphatic heterocycles. The van der Waals surface area contributed by atoms with Crippen LogP contribution in [0, 0.1) is 0 Å². The van der Waals surface area contributed by atoms with Crippen molar-refractivity contribution in [2.75, 3.05) is 13.6 Å². The standard InChI is InChI=1S/C11H18N4O3.ClH/c1-8(6-12)13(2)10(17)7-15-5-4-9(16)14(3)11(15)18;/h4-5,8H,6-7,12H2,1-3H3;1H. The number of hydrogen-bond donors (Lipinski definition) is 1. The molecule has 1 heterocycles. The molecule has 0 aliphatic carbocycles. The third kappa shape index (κ3) is 3.93. The van der Waals surface area contributed by atoms with E-state index in [1.807, 2.05) is 6.92 Å². The molecule has 1 atom stereocenters. The number of nitrogens with zero attached hydrogens (tertiary/aromatic N) is 3. The van der Waals surface area contributed by atoms with Crippen LogP contribution < -0.4 is 17.0 Å². The lowest BCUT2D eigenvalue weighted by Gasteiger charge is -2.23. The average molecular weight is 291 g/mol. The molecule has 1 unspecified atom stereocenters. The van der Waals surface area contributed by atoms with Crippen LogP contribution in [0.4, 0.5) is 0 Å². The predicted molar refractivity (Wildman–Crippen MR) is 74.5 cm³/mol. The van der Waals surface area contributed by atoms with Crippen LogP contribution in [-0.4, -0.2) is 39.6 Å². The van der Waals surface area contributed by atoms with E-state index in [0.717, 1.165) is 4.57 Å². The van der Waals surface area contributed by atoms with Gasteiger partial charge in [-0.1, -0.05) is 0 Å². The SMILES string of the molecule is CC(CN)N(C)C(=O)Cn1ccc(=O)n(C)c1=O.Cl. The minimum atomic E-state index is -0.510. The second-order valence-electron chi connectivity index (χ2n) is 4.21. The highest BCUT2D eigenvalue weighted by Crippen LogP contribution is 1.95. The molecular weight excluding hydrogens is 272 g/mol. The minimum absolute atomic E-state index is 0. The second kappa shape index (κ2) is 7.10. The first-order chi connectivity index (χ1) is 8.38. The molecule has 2 N–H and O–H groups in total. The van der Waals surface area contributed by atoms with Crippen LogP contribution >= 0.6 is 12.4 Å². The first kappa shape index (κ1) is 17.4. The van der Waals surface area contributed by atoms with Gasteiger partial charge in [0.05, 0.1) is 0 Å². The summed E-state index contributed by atoms with van der Waals surface area (Å²) >= 11 is 0. The van der Waals surface area contributed by atoms with Crippen molar-refractivity contribution >= 4 is 18.3 Å². The zero-order valence-electron chi connectivity index (χ0n) is 11.2. The van der Waals surface area contributed by atoms with Crippen LogP contribution in [0.15, 0.2) is 21.9 Å². The maximum absolute atomic E-state index is 11.9. The molecule has 8 heteroatoms. The molecule has 1 amide bonds. The van der Waals surface area contributed by atoms with Crippen LogP contribution in [0.3, 0.4) is 0 Å². The number of hydrogen-bond acceptors (Lipinski definition) is 4. The molecule has 0 saturated heterocycles. The van der Waals surface area contributed by atoms with Gasteiger partial charge in [0, 0.05) is 38.9 Å². The number of amides is 1. The number of aromatic nitrogens is 2. The molecule has 0 fully saturated rings. The van der Waals surface area contributed by atoms with E-state index in [1.54, 1.807) is 7.05 Å². The largest absolute Gasteiger partial charge is 0.340 e. The lowest BCUT2D eigenvalue weighted by Crippen LogP contribution is -2.44. The summed E-state index contributed by atoms with van der Waals surface area (Å²) in [6, 6.07) is 1.15. The van der Waals surface area contributed by atoms with Gasteiger partial charge in [0.25, 0.3) is 5.56 Å².